The van der Waals surface area contributed by atoms with Gasteiger partial charge in [0.25, 0.3) is 0 Å². The summed E-state index contributed by atoms with van der Waals surface area (Å²) in [6.45, 7) is 13.6. The number of aliphatic carboxylic acids is 1. The first-order valence-electron chi connectivity index (χ1n) is 27.8. The number of carboxylic acid groups (broad SMARTS) is 1. The van der Waals surface area contributed by atoms with Crippen LogP contribution in [0.25, 0.3) is 0 Å². The Morgan fingerprint density at radius 1 is 0.577 bits per heavy atom. The maximum Gasteiger partial charge on any atom is 0.335 e. The number of carbonyl (C=O) groups excluding carboxylic acids is 1. The number of hydrogen-bond donors (Lipinski definition) is 14. The van der Waals surface area contributed by atoms with Crippen molar-refractivity contribution in [2.24, 2.45) is 50.2 Å². The molecule has 0 unspecified atom stereocenters. The first kappa shape index (κ1) is 60.5. The molecule has 0 aromatic carbocycles. The van der Waals surface area contributed by atoms with Gasteiger partial charge in [-0.3, -0.25) is 4.79 Å². The zero-order valence-corrected chi connectivity index (χ0v) is 45.5. The van der Waals surface area contributed by atoms with Gasteiger partial charge < -0.3 is 109 Å². The molecule has 78 heavy (non-hydrogen) atoms. The molecular weight excluding hydrogens is 1030 g/mol. The fourth-order valence-electron chi connectivity index (χ4n) is 16.4. The van der Waals surface area contributed by atoms with Crippen LogP contribution < -0.4 is 0 Å². The maximum absolute atomic E-state index is 15.1. The van der Waals surface area contributed by atoms with Gasteiger partial charge in [0, 0.05) is 0 Å². The van der Waals surface area contributed by atoms with Gasteiger partial charge >= 0.3 is 11.9 Å². The first-order valence-corrected chi connectivity index (χ1v) is 27.8. The summed E-state index contributed by atoms with van der Waals surface area (Å²) >= 11 is 0. The van der Waals surface area contributed by atoms with Gasteiger partial charge in [-0.25, -0.2) is 4.79 Å². The lowest BCUT2D eigenvalue weighted by Crippen LogP contribution is -2.67. The van der Waals surface area contributed by atoms with E-state index in [1.165, 1.54) is 5.57 Å². The quantitative estimate of drug-likeness (QED) is 0.0574. The van der Waals surface area contributed by atoms with Crippen LogP contribution in [0.5, 0.6) is 0 Å². The van der Waals surface area contributed by atoms with Crippen molar-refractivity contribution in [1.82, 2.24) is 0 Å². The third kappa shape index (κ3) is 9.82. The molecule has 446 valence electrons. The summed E-state index contributed by atoms with van der Waals surface area (Å²) in [6.07, 6.45) is -26.2. The minimum Gasteiger partial charge on any atom is -0.479 e. The topological polar surface area (TPSA) is 391 Å². The molecule has 14 N–H and O–H groups in total. The van der Waals surface area contributed by atoms with E-state index in [4.69, 9.17) is 37.9 Å². The fraction of sp³-hybridized carbons (Fsp3) is 0.926. The number of fused-ring (bicyclic) bond motifs is 7. The summed E-state index contributed by atoms with van der Waals surface area (Å²) in [6, 6.07) is 0. The summed E-state index contributed by atoms with van der Waals surface area (Å²) in [5.41, 5.74) is -1.56. The average molecular weight is 1120 g/mol. The predicted molar refractivity (Wildman–Crippen MR) is 263 cm³/mol. The van der Waals surface area contributed by atoms with E-state index in [0.717, 1.165) is 12.8 Å². The van der Waals surface area contributed by atoms with Crippen molar-refractivity contribution in [2.45, 2.75) is 242 Å². The van der Waals surface area contributed by atoms with Crippen LogP contribution in [0.1, 0.15) is 113 Å². The fourth-order valence-corrected chi connectivity index (χ4v) is 16.4. The molecular formula is C54H86O24. The second kappa shape index (κ2) is 21.8. The second-order valence-electron chi connectivity index (χ2n) is 26.3. The number of carbonyl (C=O) groups is 2. The Bertz CT molecular complexity index is 2190. The van der Waals surface area contributed by atoms with Crippen LogP contribution in [0.2, 0.25) is 0 Å². The van der Waals surface area contributed by atoms with Crippen LogP contribution in [0.3, 0.4) is 0 Å². The number of esters is 1. The van der Waals surface area contributed by atoms with Crippen molar-refractivity contribution in [2.75, 3.05) is 19.8 Å². The van der Waals surface area contributed by atoms with E-state index in [0.29, 0.717) is 51.4 Å². The van der Waals surface area contributed by atoms with Crippen LogP contribution in [0, 0.1) is 50.2 Å². The highest BCUT2D eigenvalue weighted by Crippen LogP contribution is 2.76. The monoisotopic (exact) mass is 1120 g/mol. The minimum absolute atomic E-state index is 0.0352. The molecule has 4 heterocycles. The zero-order valence-electron chi connectivity index (χ0n) is 45.5. The van der Waals surface area contributed by atoms with E-state index in [2.05, 4.69) is 54.5 Å². The van der Waals surface area contributed by atoms with Crippen LogP contribution in [-0.4, -0.2) is 232 Å². The lowest BCUT2D eigenvalue weighted by atomic mass is 9.33. The summed E-state index contributed by atoms with van der Waals surface area (Å²) in [5.74, 6) is -2.25. The van der Waals surface area contributed by atoms with Crippen LogP contribution in [0.4, 0.5) is 0 Å². The summed E-state index contributed by atoms with van der Waals surface area (Å²) in [5, 5.41) is 148. The zero-order chi connectivity index (χ0) is 57.1. The molecule has 0 aromatic heterocycles. The molecule has 4 saturated heterocycles. The van der Waals surface area contributed by atoms with Gasteiger partial charge in [-0.1, -0.05) is 60.1 Å². The number of allylic oxidation sites excluding steroid dienone is 2. The van der Waals surface area contributed by atoms with E-state index in [9.17, 15) is 76.3 Å². The molecule has 28 atom stereocenters. The molecule has 0 amide bonds. The number of carboxylic acids is 1. The Hall–Kier alpha value is -2.12. The Morgan fingerprint density at radius 3 is 1.76 bits per heavy atom. The average Bonchev–Trinajstić information content (AvgIpc) is 3.47. The molecule has 9 aliphatic rings. The van der Waals surface area contributed by atoms with Crippen molar-refractivity contribution in [3.63, 3.8) is 0 Å². The first-order chi connectivity index (χ1) is 36.4. The summed E-state index contributed by atoms with van der Waals surface area (Å²) in [7, 11) is 0. The SMILES string of the molecule is CC1(C)CC[C@]2(C(=O)O[C@@H]3O[C@H](CO[C@@H]4O[C@H](CO)[C@@H](O)[C@H](O)[C@H]4O)[C@@H](O)[C@H](O)[C@H]3O)CC[C@]3(C)C(=CC[C@@H]4[C@@]5(C)CC[C@H](O[C@@H]6O[C@H](C(=O)O)[C@@H](O)[C@H](O)[C@H]6O[C@@H]6O[C@H](CO)[C@H](O)[C@H](O)[C@H]6O)C(C)(C)[C@@H]5CC[C@]43C)[C@@H]2C1. The van der Waals surface area contributed by atoms with Crippen molar-refractivity contribution in [3.8, 4) is 0 Å². The molecule has 4 saturated carbocycles. The third-order valence-electron chi connectivity index (χ3n) is 21.4. The van der Waals surface area contributed by atoms with E-state index >= 15 is 4.79 Å². The van der Waals surface area contributed by atoms with Gasteiger partial charge in [0.1, 0.15) is 91.6 Å². The number of ether oxygens (including phenoxy) is 8. The van der Waals surface area contributed by atoms with Gasteiger partial charge in [0.15, 0.2) is 25.0 Å². The number of hydrogen-bond acceptors (Lipinski definition) is 23. The Morgan fingerprint density at radius 2 is 1.14 bits per heavy atom. The van der Waals surface area contributed by atoms with Gasteiger partial charge in [-0.2, -0.15) is 0 Å². The Labute approximate surface area is 453 Å². The molecule has 0 spiro atoms. The summed E-state index contributed by atoms with van der Waals surface area (Å²) in [4.78, 5) is 27.4. The molecule has 4 aliphatic heterocycles. The Kier molecular flexibility index (Phi) is 16.9. The predicted octanol–water partition coefficient (Wildman–Crippen LogP) is -1.94. The molecule has 0 radical (unpaired) electrons. The molecule has 24 heteroatoms. The second-order valence-corrected chi connectivity index (χ2v) is 26.3. The molecule has 0 bridgehead atoms. The number of rotatable bonds is 12. The van der Waals surface area contributed by atoms with Crippen LogP contribution in [0.15, 0.2) is 11.6 Å². The van der Waals surface area contributed by atoms with Gasteiger partial charge in [-0.15, -0.1) is 0 Å². The molecule has 0 aromatic rings. The van der Waals surface area contributed by atoms with Crippen molar-refractivity contribution in [3.05, 3.63) is 11.6 Å². The summed E-state index contributed by atoms with van der Waals surface area (Å²) < 4.78 is 47.2. The number of aliphatic hydroxyl groups is 13. The standard InChI is InChI=1S/C54H86O24/c1-49(2)14-16-54(48(70)78-46-40(67)35(62)32(59)26(74-46)21-71-44-38(65)33(60)30(57)24(19-55)72-44)17-15-52(6)22(23(54)18-49)8-9-28-51(5)12-11-29(50(3,4)27(51)10-13-53(28,52)7)75-47-42(37(64)36(63)41(76-47)43(68)69)77-45-39(66)34(61)31(58)25(20-56)73-45/h8,23-42,44-47,55-67H,9-21H2,1-7H3,(H,68,69)/t23-,24+,25+,26+,27-,28+,29-,30+,31-,32+,33-,34-,35-,36-,37-,38+,39+,40+,41-,42+,44+,45-,46-,47+,51-,52+,53+,54-/m0/s1. The van der Waals surface area contributed by atoms with Gasteiger partial charge in [-0.05, 0) is 109 Å². The van der Waals surface area contributed by atoms with E-state index < -0.39 is 172 Å². The van der Waals surface area contributed by atoms with Crippen molar-refractivity contribution < 1.29 is 119 Å². The highest BCUT2D eigenvalue weighted by Gasteiger charge is 2.70. The Balaban J connectivity index is 0.935. The van der Waals surface area contributed by atoms with E-state index in [1.807, 2.05) is 0 Å². The normalized spacial score (nSPS) is 52.8. The van der Waals surface area contributed by atoms with Crippen molar-refractivity contribution in [1.29, 1.82) is 0 Å². The van der Waals surface area contributed by atoms with Gasteiger partial charge in [0.2, 0.25) is 6.29 Å². The number of aliphatic hydroxyl groups excluding tert-OH is 13. The van der Waals surface area contributed by atoms with Crippen LogP contribution in [-0.2, 0) is 47.5 Å². The molecule has 8 fully saturated rings. The molecule has 5 aliphatic carbocycles. The maximum atomic E-state index is 15.1. The lowest BCUT2D eigenvalue weighted by Gasteiger charge is -2.71. The lowest BCUT2D eigenvalue weighted by molar-refractivity contribution is -0.374. The van der Waals surface area contributed by atoms with Gasteiger partial charge in [0.05, 0.1) is 31.3 Å². The van der Waals surface area contributed by atoms with E-state index in [-0.39, 0.29) is 39.4 Å². The van der Waals surface area contributed by atoms with Crippen molar-refractivity contribution >= 4 is 11.9 Å². The smallest absolute Gasteiger partial charge is 0.335 e. The largest absolute Gasteiger partial charge is 0.479 e. The van der Waals surface area contributed by atoms with Crippen LogP contribution >= 0.6 is 0 Å². The minimum atomic E-state index is -2.00. The molecule has 24 nitrogen and oxygen atoms in total. The highest BCUT2D eigenvalue weighted by molar-refractivity contribution is 5.79. The molecule has 9 rings (SSSR count). The third-order valence-corrected chi connectivity index (χ3v) is 21.4. The highest BCUT2D eigenvalue weighted by atomic mass is 16.8. The van der Waals surface area contributed by atoms with E-state index in [1.54, 1.807) is 0 Å².